The highest BCUT2D eigenvalue weighted by Gasteiger charge is 2.26. The lowest BCUT2D eigenvalue weighted by atomic mass is 9.91. The van der Waals surface area contributed by atoms with Crippen LogP contribution < -0.4 is 4.74 Å². The van der Waals surface area contributed by atoms with Crippen molar-refractivity contribution in [2.45, 2.75) is 33.3 Å². The van der Waals surface area contributed by atoms with Crippen LogP contribution in [-0.4, -0.2) is 35.4 Å². The minimum Gasteiger partial charge on any atom is -0.490 e. The van der Waals surface area contributed by atoms with Gasteiger partial charge in [0.25, 0.3) is 0 Å². The van der Waals surface area contributed by atoms with Gasteiger partial charge in [-0.2, -0.15) is 0 Å². The van der Waals surface area contributed by atoms with Gasteiger partial charge in [-0.3, -0.25) is 4.79 Å². The van der Waals surface area contributed by atoms with Gasteiger partial charge >= 0.3 is 11.9 Å². The van der Waals surface area contributed by atoms with Crippen molar-refractivity contribution in [2.75, 3.05) is 13.2 Å². The molecule has 6 nitrogen and oxygen atoms in total. The van der Waals surface area contributed by atoms with Gasteiger partial charge in [-0.05, 0) is 38.0 Å². The van der Waals surface area contributed by atoms with Gasteiger partial charge in [-0.25, -0.2) is 4.79 Å². The number of hydrogen-bond acceptors (Lipinski definition) is 5. The molecule has 0 saturated heterocycles. The average Bonchev–Trinajstić information content (AvgIpc) is 2.51. The quantitative estimate of drug-likeness (QED) is 0.564. The lowest BCUT2D eigenvalue weighted by Gasteiger charge is -2.20. The van der Waals surface area contributed by atoms with E-state index in [9.17, 15) is 14.7 Å². The third-order valence-electron chi connectivity index (χ3n) is 3.45. The van der Waals surface area contributed by atoms with Crippen LogP contribution in [0.25, 0.3) is 0 Å². The standard InChI is InChI=1S/C16H22O6/c1-4-16(2,3)15(20)22-10-9-21-12-7-5-11(6-8-12)13(17)14(18)19/h5-8,13,17H,4,9-10H2,1-3H3,(H,18,19). The molecule has 0 heterocycles. The number of rotatable bonds is 8. The molecular weight excluding hydrogens is 288 g/mol. The van der Waals surface area contributed by atoms with Gasteiger partial charge in [-0.1, -0.05) is 19.1 Å². The van der Waals surface area contributed by atoms with Crippen molar-refractivity contribution in [2.24, 2.45) is 5.41 Å². The molecule has 0 radical (unpaired) electrons. The molecule has 0 aromatic heterocycles. The largest absolute Gasteiger partial charge is 0.490 e. The van der Waals surface area contributed by atoms with Gasteiger partial charge in [0.05, 0.1) is 5.41 Å². The fourth-order valence-corrected chi connectivity index (χ4v) is 1.52. The Hall–Kier alpha value is -2.08. The summed E-state index contributed by atoms with van der Waals surface area (Å²) in [6.45, 7) is 5.91. The molecule has 6 heteroatoms. The fourth-order valence-electron chi connectivity index (χ4n) is 1.52. The molecule has 1 unspecified atom stereocenters. The van der Waals surface area contributed by atoms with E-state index in [4.69, 9.17) is 14.6 Å². The highest BCUT2D eigenvalue weighted by atomic mass is 16.6. The number of carboxylic acids is 1. The molecule has 0 aliphatic carbocycles. The van der Waals surface area contributed by atoms with Gasteiger partial charge in [0.2, 0.25) is 0 Å². The summed E-state index contributed by atoms with van der Waals surface area (Å²) < 4.78 is 10.5. The summed E-state index contributed by atoms with van der Waals surface area (Å²) in [5, 5.41) is 18.1. The second-order valence-electron chi connectivity index (χ2n) is 5.53. The van der Waals surface area contributed by atoms with Gasteiger partial charge in [0, 0.05) is 0 Å². The van der Waals surface area contributed by atoms with E-state index in [2.05, 4.69) is 0 Å². The molecule has 0 saturated carbocycles. The second kappa shape index (κ2) is 7.79. The molecule has 0 aliphatic rings. The first kappa shape index (κ1) is 18.0. The Kier molecular flexibility index (Phi) is 6.37. The maximum absolute atomic E-state index is 11.7. The molecule has 22 heavy (non-hydrogen) atoms. The second-order valence-corrected chi connectivity index (χ2v) is 5.53. The minimum absolute atomic E-state index is 0.141. The van der Waals surface area contributed by atoms with Crippen LogP contribution in [0.15, 0.2) is 24.3 Å². The molecule has 2 N–H and O–H groups in total. The van der Waals surface area contributed by atoms with Crippen LogP contribution in [0.2, 0.25) is 0 Å². The summed E-state index contributed by atoms with van der Waals surface area (Å²) in [7, 11) is 0. The summed E-state index contributed by atoms with van der Waals surface area (Å²) in [5.41, 5.74) is -0.231. The number of aliphatic hydroxyl groups is 1. The molecular formula is C16H22O6. The third kappa shape index (κ3) is 5.04. The van der Waals surface area contributed by atoms with E-state index in [1.165, 1.54) is 12.1 Å². The van der Waals surface area contributed by atoms with Crippen molar-refractivity contribution in [3.63, 3.8) is 0 Å². The lowest BCUT2D eigenvalue weighted by molar-refractivity contribution is -0.154. The molecule has 1 aromatic rings. The van der Waals surface area contributed by atoms with Crippen molar-refractivity contribution < 1.29 is 29.3 Å². The highest BCUT2D eigenvalue weighted by Crippen LogP contribution is 2.21. The number of aliphatic carboxylic acids is 1. The number of carbonyl (C=O) groups is 2. The maximum atomic E-state index is 11.7. The fraction of sp³-hybridized carbons (Fsp3) is 0.500. The van der Waals surface area contributed by atoms with E-state index in [1.807, 2.05) is 20.8 Å². The van der Waals surface area contributed by atoms with Crippen LogP contribution in [0.4, 0.5) is 0 Å². The van der Waals surface area contributed by atoms with Crippen LogP contribution in [-0.2, 0) is 14.3 Å². The summed E-state index contributed by atoms with van der Waals surface area (Å²) in [6.07, 6.45) is -0.855. The Bertz CT molecular complexity index is 506. The molecule has 1 rings (SSSR count). The first-order valence-corrected chi connectivity index (χ1v) is 7.09. The summed E-state index contributed by atoms with van der Waals surface area (Å²) in [6, 6.07) is 6.05. The number of aliphatic hydroxyl groups excluding tert-OH is 1. The minimum atomic E-state index is -1.55. The number of hydrogen-bond donors (Lipinski definition) is 2. The molecule has 0 amide bonds. The number of carboxylic acid groups (broad SMARTS) is 1. The zero-order valence-electron chi connectivity index (χ0n) is 13.0. The summed E-state index contributed by atoms with van der Waals surface area (Å²) >= 11 is 0. The van der Waals surface area contributed by atoms with Gasteiger partial charge < -0.3 is 19.7 Å². The molecule has 122 valence electrons. The van der Waals surface area contributed by atoms with E-state index in [1.54, 1.807) is 12.1 Å². The highest BCUT2D eigenvalue weighted by molar-refractivity contribution is 5.75. The summed E-state index contributed by atoms with van der Waals surface area (Å²) in [5.74, 6) is -1.07. The van der Waals surface area contributed by atoms with Crippen molar-refractivity contribution in [1.82, 2.24) is 0 Å². The van der Waals surface area contributed by atoms with Crippen molar-refractivity contribution >= 4 is 11.9 Å². The number of benzene rings is 1. The van der Waals surface area contributed by atoms with Gasteiger partial charge in [0.15, 0.2) is 6.10 Å². The Morgan fingerprint density at radius 2 is 1.77 bits per heavy atom. The van der Waals surface area contributed by atoms with Crippen LogP contribution >= 0.6 is 0 Å². The van der Waals surface area contributed by atoms with Gasteiger partial charge in [-0.15, -0.1) is 0 Å². The zero-order valence-corrected chi connectivity index (χ0v) is 13.0. The van der Waals surface area contributed by atoms with Crippen molar-refractivity contribution in [3.8, 4) is 5.75 Å². The zero-order chi connectivity index (χ0) is 16.8. The van der Waals surface area contributed by atoms with Gasteiger partial charge in [0.1, 0.15) is 19.0 Å². The Balaban J connectivity index is 2.40. The smallest absolute Gasteiger partial charge is 0.337 e. The van der Waals surface area contributed by atoms with Crippen molar-refractivity contribution in [1.29, 1.82) is 0 Å². The molecule has 1 aromatic carbocycles. The topological polar surface area (TPSA) is 93.1 Å². The van der Waals surface area contributed by atoms with E-state index >= 15 is 0 Å². The normalized spacial score (nSPS) is 12.5. The van der Waals surface area contributed by atoms with Crippen LogP contribution in [0, 0.1) is 5.41 Å². The van der Waals surface area contributed by atoms with Crippen LogP contribution in [0.3, 0.4) is 0 Å². The van der Waals surface area contributed by atoms with E-state index in [0.717, 1.165) is 0 Å². The first-order valence-electron chi connectivity index (χ1n) is 7.09. The predicted octanol–water partition coefficient (Wildman–Crippen LogP) is 2.16. The number of esters is 1. The SMILES string of the molecule is CCC(C)(C)C(=O)OCCOc1ccc(C(O)C(=O)O)cc1. The van der Waals surface area contributed by atoms with Crippen molar-refractivity contribution in [3.05, 3.63) is 29.8 Å². The average molecular weight is 310 g/mol. The molecule has 0 spiro atoms. The lowest BCUT2D eigenvalue weighted by Crippen LogP contribution is -2.27. The molecule has 1 atom stereocenters. The number of carbonyl (C=O) groups excluding carboxylic acids is 1. The molecule has 0 aliphatic heterocycles. The maximum Gasteiger partial charge on any atom is 0.337 e. The molecule has 0 fully saturated rings. The van der Waals surface area contributed by atoms with E-state index in [0.29, 0.717) is 12.2 Å². The monoisotopic (exact) mass is 310 g/mol. The van der Waals surface area contributed by atoms with E-state index < -0.39 is 17.5 Å². The Morgan fingerprint density at radius 1 is 1.18 bits per heavy atom. The number of ether oxygens (including phenoxy) is 2. The first-order chi connectivity index (χ1) is 10.3. The van der Waals surface area contributed by atoms with E-state index in [-0.39, 0.29) is 24.7 Å². The van der Waals surface area contributed by atoms with Crippen LogP contribution in [0.5, 0.6) is 5.75 Å². The Morgan fingerprint density at radius 3 is 2.27 bits per heavy atom. The third-order valence-corrected chi connectivity index (χ3v) is 3.45. The van der Waals surface area contributed by atoms with Crippen LogP contribution in [0.1, 0.15) is 38.9 Å². The molecule has 0 bridgehead atoms. The predicted molar refractivity (Wildman–Crippen MR) is 79.6 cm³/mol. The Labute approximate surface area is 129 Å². The summed E-state index contributed by atoms with van der Waals surface area (Å²) in [4.78, 5) is 22.4.